The predicted molar refractivity (Wildman–Crippen MR) is 79.8 cm³/mol. The van der Waals surface area contributed by atoms with Gasteiger partial charge in [0, 0.05) is 5.69 Å². The van der Waals surface area contributed by atoms with Gasteiger partial charge in [-0.2, -0.15) is 4.39 Å². The van der Waals surface area contributed by atoms with Gasteiger partial charge in [0.2, 0.25) is 5.95 Å². The van der Waals surface area contributed by atoms with Crippen LogP contribution in [-0.2, 0) is 6.54 Å². The molecule has 2 aromatic heterocycles. The van der Waals surface area contributed by atoms with E-state index in [4.69, 9.17) is 0 Å². The van der Waals surface area contributed by atoms with Crippen molar-refractivity contribution in [3.8, 4) is 5.69 Å². The van der Waals surface area contributed by atoms with Gasteiger partial charge in [-0.25, -0.2) is 9.97 Å². The third-order valence-corrected chi connectivity index (χ3v) is 3.23. The molecule has 0 aliphatic heterocycles. The minimum Gasteiger partial charge on any atom is -0.378 e. The number of aromatic nitrogens is 3. The summed E-state index contributed by atoms with van der Waals surface area (Å²) in [5.74, 6) is 0.445. The molecule has 0 saturated heterocycles. The first-order valence-electron chi connectivity index (χ1n) is 6.68. The standard InChI is InChI=1S/C16H15FN4/c1-12-18-10-15(21(12)14-5-3-2-4-6-14)11-19-13-7-8-16(17)20-9-13/h2-10,19H,11H2,1H3. The monoisotopic (exact) mass is 282 g/mol. The second-order valence-electron chi connectivity index (χ2n) is 4.69. The van der Waals surface area contributed by atoms with E-state index >= 15 is 0 Å². The van der Waals surface area contributed by atoms with Gasteiger partial charge in [-0.05, 0) is 31.2 Å². The normalized spacial score (nSPS) is 10.6. The second-order valence-corrected chi connectivity index (χ2v) is 4.69. The zero-order chi connectivity index (χ0) is 14.7. The number of halogens is 1. The van der Waals surface area contributed by atoms with Crippen LogP contribution in [0.15, 0.2) is 54.9 Å². The Labute approximate surface area is 122 Å². The Balaban J connectivity index is 1.82. The quantitative estimate of drug-likeness (QED) is 0.746. The molecule has 0 fully saturated rings. The van der Waals surface area contributed by atoms with Crippen LogP contribution in [0.2, 0.25) is 0 Å². The molecule has 0 bridgehead atoms. The minimum absolute atomic E-state index is 0.481. The molecule has 3 rings (SSSR count). The molecule has 1 aromatic carbocycles. The maximum absolute atomic E-state index is 12.8. The van der Waals surface area contributed by atoms with Crippen LogP contribution in [0, 0.1) is 12.9 Å². The lowest BCUT2D eigenvalue weighted by molar-refractivity contribution is 0.584. The van der Waals surface area contributed by atoms with Crippen molar-refractivity contribution in [2.45, 2.75) is 13.5 Å². The molecular formula is C16H15FN4. The van der Waals surface area contributed by atoms with Gasteiger partial charge in [-0.3, -0.25) is 4.57 Å². The average molecular weight is 282 g/mol. The van der Waals surface area contributed by atoms with Crippen LogP contribution < -0.4 is 5.32 Å². The largest absolute Gasteiger partial charge is 0.378 e. The highest BCUT2D eigenvalue weighted by Crippen LogP contribution is 2.16. The maximum atomic E-state index is 12.8. The predicted octanol–water partition coefficient (Wildman–Crippen LogP) is 3.33. The molecule has 0 aliphatic rings. The summed E-state index contributed by atoms with van der Waals surface area (Å²) in [5, 5.41) is 3.22. The summed E-state index contributed by atoms with van der Waals surface area (Å²) in [6.45, 7) is 2.55. The summed E-state index contributed by atoms with van der Waals surface area (Å²) in [5.41, 5.74) is 2.87. The minimum atomic E-state index is -0.481. The van der Waals surface area contributed by atoms with Crippen LogP contribution >= 0.6 is 0 Å². The Hall–Kier alpha value is -2.69. The fourth-order valence-corrected chi connectivity index (χ4v) is 2.22. The van der Waals surface area contributed by atoms with Crippen LogP contribution in [0.3, 0.4) is 0 Å². The molecule has 3 aromatic rings. The van der Waals surface area contributed by atoms with Gasteiger partial charge in [0.25, 0.3) is 0 Å². The first kappa shape index (κ1) is 13.3. The molecule has 1 N–H and O–H groups in total. The van der Waals surface area contributed by atoms with Crippen molar-refractivity contribution in [2.75, 3.05) is 5.32 Å². The summed E-state index contributed by atoms with van der Waals surface area (Å²) in [6.07, 6.45) is 3.32. The van der Waals surface area contributed by atoms with Crippen molar-refractivity contribution < 1.29 is 4.39 Å². The molecular weight excluding hydrogens is 267 g/mol. The van der Waals surface area contributed by atoms with Crippen LogP contribution in [-0.4, -0.2) is 14.5 Å². The van der Waals surface area contributed by atoms with Crippen LogP contribution in [0.25, 0.3) is 5.69 Å². The molecule has 0 spiro atoms. The van der Waals surface area contributed by atoms with Crippen molar-refractivity contribution in [1.29, 1.82) is 0 Å². The van der Waals surface area contributed by atoms with E-state index in [-0.39, 0.29) is 0 Å². The number of nitrogens with one attached hydrogen (secondary N) is 1. The second kappa shape index (κ2) is 5.75. The van der Waals surface area contributed by atoms with Crippen molar-refractivity contribution in [3.63, 3.8) is 0 Å². The molecule has 0 radical (unpaired) electrons. The highest BCUT2D eigenvalue weighted by atomic mass is 19.1. The lowest BCUT2D eigenvalue weighted by Crippen LogP contribution is -2.07. The van der Waals surface area contributed by atoms with E-state index in [0.29, 0.717) is 6.54 Å². The topological polar surface area (TPSA) is 42.7 Å². The highest BCUT2D eigenvalue weighted by Gasteiger charge is 2.08. The smallest absolute Gasteiger partial charge is 0.212 e. The number of anilines is 1. The van der Waals surface area contributed by atoms with Crippen molar-refractivity contribution in [3.05, 3.63) is 72.3 Å². The Morgan fingerprint density at radius 2 is 1.86 bits per heavy atom. The summed E-state index contributed by atoms with van der Waals surface area (Å²) < 4.78 is 14.9. The Kier molecular flexibility index (Phi) is 3.64. The number of pyridine rings is 1. The van der Waals surface area contributed by atoms with Crippen LogP contribution in [0.5, 0.6) is 0 Å². The summed E-state index contributed by atoms with van der Waals surface area (Å²) >= 11 is 0. The fraction of sp³-hybridized carbons (Fsp3) is 0.125. The highest BCUT2D eigenvalue weighted by molar-refractivity contribution is 5.41. The Morgan fingerprint density at radius 1 is 1.05 bits per heavy atom. The van der Waals surface area contributed by atoms with E-state index in [1.165, 1.54) is 12.3 Å². The zero-order valence-electron chi connectivity index (χ0n) is 11.6. The van der Waals surface area contributed by atoms with Gasteiger partial charge in [0.05, 0.1) is 30.3 Å². The average Bonchev–Trinajstić information content (AvgIpc) is 2.88. The number of hydrogen-bond donors (Lipinski definition) is 1. The van der Waals surface area contributed by atoms with E-state index in [1.807, 2.05) is 43.5 Å². The van der Waals surface area contributed by atoms with Crippen LogP contribution in [0.4, 0.5) is 10.1 Å². The van der Waals surface area contributed by atoms with Crippen molar-refractivity contribution in [1.82, 2.24) is 14.5 Å². The van der Waals surface area contributed by atoms with Crippen LogP contribution in [0.1, 0.15) is 11.5 Å². The first-order valence-corrected chi connectivity index (χ1v) is 6.68. The van der Waals surface area contributed by atoms with Gasteiger partial charge in [0.1, 0.15) is 5.82 Å². The van der Waals surface area contributed by atoms with Crippen molar-refractivity contribution >= 4 is 5.69 Å². The van der Waals surface area contributed by atoms with E-state index in [9.17, 15) is 4.39 Å². The molecule has 0 aliphatic carbocycles. The molecule has 21 heavy (non-hydrogen) atoms. The maximum Gasteiger partial charge on any atom is 0.212 e. The third kappa shape index (κ3) is 2.91. The van der Waals surface area contributed by atoms with E-state index in [1.54, 1.807) is 6.07 Å². The fourth-order valence-electron chi connectivity index (χ4n) is 2.22. The van der Waals surface area contributed by atoms with Gasteiger partial charge >= 0.3 is 0 Å². The number of rotatable bonds is 4. The number of benzene rings is 1. The number of imidazole rings is 1. The molecule has 4 nitrogen and oxygen atoms in total. The molecule has 2 heterocycles. The van der Waals surface area contributed by atoms with Gasteiger partial charge in [-0.15, -0.1) is 0 Å². The molecule has 0 amide bonds. The van der Waals surface area contributed by atoms with Crippen molar-refractivity contribution in [2.24, 2.45) is 0 Å². The Morgan fingerprint density at radius 3 is 2.57 bits per heavy atom. The number of nitrogens with zero attached hydrogens (tertiary/aromatic N) is 3. The number of para-hydroxylation sites is 1. The Bertz CT molecular complexity index is 720. The first-order chi connectivity index (χ1) is 10.2. The number of hydrogen-bond acceptors (Lipinski definition) is 3. The SMILES string of the molecule is Cc1ncc(CNc2ccc(F)nc2)n1-c1ccccc1. The molecule has 0 saturated carbocycles. The molecule has 0 unspecified atom stereocenters. The van der Waals surface area contributed by atoms with E-state index < -0.39 is 5.95 Å². The molecule has 106 valence electrons. The van der Waals surface area contributed by atoms with E-state index in [2.05, 4.69) is 19.9 Å². The number of aryl methyl sites for hydroxylation is 1. The van der Waals surface area contributed by atoms with E-state index in [0.717, 1.165) is 22.9 Å². The lowest BCUT2D eigenvalue weighted by Gasteiger charge is -2.11. The summed E-state index contributed by atoms with van der Waals surface area (Å²) in [7, 11) is 0. The summed E-state index contributed by atoms with van der Waals surface area (Å²) in [6, 6.07) is 13.1. The van der Waals surface area contributed by atoms with Gasteiger partial charge in [-0.1, -0.05) is 18.2 Å². The zero-order valence-corrected chi connectivity index (χ0v) is 11.6. The lowest BCUT2D eigenvalue weighted by atomic mass is 10.3. The van der Waals surface area contributed by atoms with Gasteiger partial charge in [0.15, 0.2) is 0 Å². The molecule has 0 atom stereocenters. The van der Waals surface area contributed by atoms with Gasteiger partial charge < -0.3 is 5.32 Å². The summed E-state index contributed by atoms with van der Waals surface area (Å²) in [4.78, 5) is 7.99. The molecule has 5 heteroatoms. The third-order valence-electron chi connectivity index (χ3n) is 3.23.